The Balaban J connectivity index is 1.67. The molecule has 0 N–H and O–H groups in total. The summed E-state index contributed by atoms with van der Waals surface area (Å²) in [6, 6.07) is 43.2. The lowest BCUT2D eigenvalue weighted by Gasteiger charge is -2.23. The standard InChI is InChI=1S/C33H26FOP/c1-24(25-21-22-32(35-2)31(34)23-25)28-17-9-10-18-29(28)30-19-11-12-20-33(30)36(26-13-5-3-6-14-26)27-15-7-4-8-16-27/h3-23H,1H2,2H3. The largest absolute Gasteiger partial charge is 0.494 e. The van der Waals surface area contributed by atoms with E-state index in [9.17, 15) is 4.39 Å². The zero-order valence-electron chi connectivity index (χ0n) is 20.1. The van der Waals surface area contributed by atoms with Gasteiger partial charge in [-0.05, 0) is 63.8 Å². The monoisotopic (exact) mass is 488 g/mol. The molecule has 36 heavy (non-hydrogen) atoms. The maximum atomic E-state index is 14.5. The summed E-state index contributed by atoms with van der Waals surface area (Å²) in [5.74, 6) is -0.174. The highest BCUT2D eigenvalue weighted by Crippen LogP contribution is 2.39. The molecule has 0 radical (unpaired) electrons. The molecule has 0 aliphatic rings. The van der Waals surface area contributed by atoms with Crippen LogP contribution in [0.15, 0.2) is 134 Å². The highest BCUT2D eigenvalue weighted by atomic mass is 31.1. The van der Waals surface area contributed by atoms with E-state index in [-0.39, 0.29) is 5.75 Å². The van der Waals surface area contributed by atoms with Crippen molar-refractivity contribution >= 4 is 29.4 Å². The van der Waals surface area contributed by atoms with Crippen LogP contribution in [0.4, 0.5) is 4.39 Å². The summed E-state index contributed by atoms with van der Waals surface area (Å²) in [5.41, 5.74) is 4.71. The van der Waals surface area contributed by atoms with Crippen LogP contribution in [0.25, 0.3) is 16.7 Å². The molecule has 0 saturated heterocycles. The quantitative estimate of drug-likeness (QED) is 0.218. The maximum Gasteiger partial charge on any atom is 0.165 e. The van der Waals surface area contributed by atoms with Crippen LogP contribution in [0.2, 0.25) is 0 Å². The highest BCUT2D eigenvalue weighted by Gasteiger charge is 2.21. The molecule has 0 bridgehead atoms. The highest BCUT2D eigenvalue weighted by molar-refractivity contribution is 7.80. The fourth-order valence-electron chi connectivity index (χ4n) is 4.47. The number of hydrogen-bond acceptors (Lipinski definition) is 1. The molecule has 5 aromatic rings. The van der Waals surface area contributed by atoms with Gasteiger partial charge >= 0.3 is 0 Å². The minimum Gasteiger partial charge on any atom is -0.494 e. The minimum absolute atomic E-state index is 0.224. The normalized spacial score (nSPS) is 10.9. The Morgan fingerprint density at radius 1 is 0.667 bits per heavy atom. The summed E-state index contributed by atoms with van der Waals surface area (Å²) in [7, 11) is 0.675. The zero-order valence-corrected chi connectivity index (χ0v) is 21.0. The van der Waals surface area contributed by atoms with Gasteiger partial charge in [0, 0.05) is 0 Å². The van der Waals surface area contributed by atoms with Crippen molar-refractivity contribution in [3.63, 3.8) is 0 Å². The van der Waals surface area contributed by atoms with Crippen molar-refractivity contribution in [1.82, 2.24) is 0 Å². The summed E-state index contributed by atoms with van der Waals surface area (Å²) in [6.45, 7) is 4.37. The summed E-state index contributed by atoms with van der Waals surface area (Å²) in [4.78, 5) is 0. The van der Waals surface area contributed by atoms with Crippen LogP contribution in [-0.4, -0.2) is 7.11 Å². The first-order valence-corrected chi connectivity index (χ1v) is 13.1. The maximum absolute atomic E-state index is 14.5. The van der Waals surface area contributed by atoms with Gasteiger partial charge in [0.25, 0.3) is 0 Å². The fourth-order valence-corrected chi connectivity index (χ4v) is 6.93. The van der Waals surface area contributed by atoms with E-state index < -0.39 is 13.7 Å². The average molecular weight is 489 g/mol. The van der Waals surface area contributed by atoms with Crippen molar-refractivity contribution in [2.75, 3.05) is 7.11 Å². The van der Waals surface area contributed by atoms with Gasteiger partial charge in [-0.3, -0.25) is 0 Å². The third-order valence-electron chi connectivity index (χ3n) is 6.22. The zero-order chi connectivity index (χ0) is 24.9. The fraction of sp³-hybridized carbons (Fsp3) is 0.0303. The SMILES string of the molecule is C=C(c1ccc(OC)c(F)c1)c1ccccc1-c1ccccc1P(c1ccccc1)c1ccccc1. The van der Waals surface area contributed by atoms with E-state index in [4.69, 9.17) is 4.74 Å². The van der Waals surface area contributed by atoms with Crippen molar-refractivity contribution in [2.45, 2.75) is 0 Å². The first-order valence-electron chi connectivity index (χ1n) is 11.8. The lowest BCUT2D eigenvalue weighted by molar-refractivity contribution is 0.386. The van der Waals surface area contributed by atoms with Gasteiger partial charge in [0.15, 0.2) is 11.6 Å². The average Bonchev–Trinajstić information content (AvgIpc) is 2.94. The molecule has 0 aromatic heterocycles. The summed E-state index contributed by atoms with van der Waals surface area (Å²) in [6.07, 6.45) is 0. The van der Waals surface area contributed by atoms with Gasteiger partial charge in [0.05, 0.1) is 7.11 Å². The second-order valence-electron chi connectivity index (χ2n) is 8.40. The Morgan fingerprint density at radius 2 is 1.22 bits per heavy atom. The van der Waals surface area contributed by atoms with Crippen molar-refractivity contribution in [2.24, 2.45) is 0 Å². The van der Waals surface area contributed by atoms with E-state index in [0.717, 1.165) is 27.8 Å². The van der Waals surface area contributed by atoms with E-state index in [1.807, 2.05) is 18.2 Å². The number of hydrogen-bond donors (Lipinski definition) is 0. The first-order chi connectivity index (χ1) is 17.7. The molecular weight excluding hydrogens is 462 g/mol. The molecule has 0 fully saturated rings. The molecule has 0 aliphatic carbocycles. The number of ether oxygens (including phenoxy) is 1. The Bertz CT molecular complexity index is 1460. The van der Waals surface area contributed by atoms with Crippen LogP contribution in [0.5, 0.6) is 5.75 Å². The van der Waals surface area contributed by atoms with E-state index >= 15 is 0 Å². The van der Waals surface area contributed by atoms with Gasteiger partial charge in [-0.15, -0.1) is 0 Å². The van der Waals surface area contributed by atoms with Gasteiger partial charge in [0.1, 0.15) is 0 Å². The van der Waals surface area contributed by atoms with Crippen molar-refractivity contribution < 1.29 is 9.13 Å². The van der Waals surface area contributed by atoms with Crippen LogP contribution in [0.3, 0.4) is 0 Å². The van der Waals surface area contributed by atoms with Crippen LogP contribution in [0, 0.1) is 5.82 Å². The molecule has 0 spiro atoms. The molecule has 0 aliphatic heterocycles. The molecule has 1 nitrogen and oxygen atoms in total. The van der Waals surface area contributed by atoms with Gasteiger partial charge in [-0.1, -0.05) is 122 Å². The predicted molar refractivity (Wildman–Crippen MR) is 152 cm³/mol. The van der Waals surface area contributed by atoms with Crippen molar-refractivity contribution in [3.05, 3.63) is 151 Å². The minimum atomic E-state index is -0.794. The third kappa shape index (κ3) is 4.73. The smallest absolute Gasteiger partial charge is 0.165 e. The molecule has 176 valence electrons. The molecule has 5 rings (SSSR count). The van der Waals surface area contributed by atoms with Crippen LogP contribution in [0.1, 0.15) is 11.1 Å². The van der Waals surface area contributed by atoms with Gasteiger partial charge in [0.2, 0.25) is 0 Å². The molecule has 0 amide bonds. The van der Waals surface area contributed by atoms with E-state index in [0.29, 0.717) is 0 Å². The van der Waals surface area contributed by atoms with Gasteiger partial charge < -0.3 is 4.74 Å². The second kappa shape index (κ2) is 10.7. The van der Waals surface area contributed by atoms with E-state index in [1.165, 1.54) is 29.1 Å². The third-order valence-corrected chi connectivity index (χ3v) is 8.72. The lowest BCUT2D eigenvalue weighted by Crippen LogP contribution is -2.22. The Morgan fingerprint density at radius 3 is 1.83 bits per heavy atom. The number of benzene rings is 5. The van der Waals surface area contributed by atoms with Crippen LogP contribution in [-0.2, 0) is 0 Å². The number of halogens is 1. The molecule has 0 atom stereocenters. The van der Waals surface area contributed by atoms with E-state index in [1.54, 1.807) is 6.07 Å². The second-order valence-corrected chi connectivity index (χ2v) is 10.6. The first kappa shape index (κ1) is 23.7. The molecule has 0 heterocycles. The summed E-state index contributed by atoms with van der Waals surface area (Å²) in [5, 5.41) is 3.85. The molecule has 3 heteroatoms. The number of methoxy groups -OCH3 is 1. The molecule has 0 saturated carbocycles. The molecule has 0 unspecified atom stereocenters. The summed E-state index contributed by atoms with van der Waals surface area (Å²) >= 11 is 0. The summed E-state index contributed by atoms with van der Waals surface area (Å²) < 4.78 is 19.6. The lowest BCUT2D eigenvalue weighted by atomic mass is 9.91. The van der Waals surface area contributed by atoms with E-state index in [2.05, 4.69) is 104 Å². The van der Waals surface area contributed by atoms with Gasteiger partial charge in [-0.2, -0.15) is 0 Å². The topological polar surface area (TPSA) is 9.23 Å². The van der Waals surface area contributed by atoms with Gasteiger partial charge in [-0.25, -0.2) is 4.39 Å². The number of rotatable bonds is 7. The molecular formula is C33H26FOP. The Labute approximate surface area is 213 Å². The Kier molecular flexibility index (Phi) is 7.07. The van der Waals surface area contributed by atoms with Crippen LogP contribution < -0.4 is 20.7 Å². The van der Waals surface area contributed by atoms with Crippen molar-refractivity contribution in [1.29, 1.82) is 0 Å². The predicted octanol–water partition coefficient (Wildman–Crippen LogP) is 7.32. The molecule has 5 aromatic carbocycles. The van der Waals surface area contributed by atoms with Crippen LogP contribution >= 0.6 is 7.92 Å². The Hall–Kier alpha value is -4.00. The van der Waals surface area contributed by atoms with Crippen molar-refractivity contribution in [3.8, 4) is 16.9 Å².